The highest BCUT2D eigenvalue weighted by molar-refractivity contribution is 5.51. The average Bonchev–Trinajstić information content (AvgIpc) is 2.14. The van der Waals surface area contributed by atoms with Crippen LogP contribution in [0.25, 0.3) is 6.08 Å². The molecule has 0 bridgehead atoms. The van der Waals surface area contributed by atoms with Gasteiger partial charge in [-0.1, -0.05) is 39.5 Å². The van der Waals surface area contributed by atoms with Crippen LogP contribution < -0.4 is 0 Å². The minimum Gasteiger partial charge on any atom is -0.166 e. The molecule has 0 aliphatic rings. The van der Waals surface area contributed by atoms with Gasteiger partial charge in [0.2, 0.25) is 0 Å². The topological polar surface area (TPSA) is 0 Å². The Labute approximate surface area is 93.8 Å². The quantitative estimate of drug-likeness (QED) is 0.656. The summed E-state index contributed by atoms with van der Waals surface area (Å²) in [5.41, 5.74) is 0.241. The molecule has 0 heterocycles. The third-order valence-corrected chi connectivity index (χ3v) is 2.38. The molecule has 0 N–H and O–H groups in total. The van der Waals surface area contributed by atoms with Gasteiger partial charge in [-0.05, 0) is 28.7 Å². The number of hydrogen-bond donors (Lipinski definition) is 0. The minimum atomic E-state index is -4.31. The Morgan fingerprint density at radius 3 is 1.88 bits per heavy atom. The molecule has 88 valence electrons. The van der Waals surface area contributed by atoms with Crippen LogP contribution in [0.5, 0.6) is 0 Å². The molecular formula is C13H15F3. The van der Waals surface area contributed by atoms with Gasteiger partial charge in [0.05, 0.1) is 5.56 Å². The van der Waals surface area contributed by atoms with E-state index in [0.29, 0.717) is 11.1 Å². The second kappa shape index (κ2) is 3.96. The Morgan fingerprint density at radius 2 is 1.50 bits per heavy atom. The minimum absolute atomic E-state index is 0.307. The van der Waals surface area contributed by atoms with Crippen molar-refractivity contribution in [2.24, 2.45) is 0 Å². The largest absolute Gasteiger partial charge is 0.416 e. The molecule has 0 radical (unpaired) electrons. The highest BCUT2D eigenvalue weighted by Crippen LogP contribution is 2.34. The zero-order valence-electron chi connectivity index (χ0n) is 9.65. The first kappa shape index (κ1) is 12.8. The van der Waals surface area contributed by atoms with E-state index in [2.05, 4.69) is 6.58 Å². The van der Waals surface area contributed by atoms with Gasteiger partial charge < -0.3 is 0 Å². The number of rotatable bonds is 1. The predicted molar refractivity (Wildman–Crippen MR) is 60.2 cm³/mol. The van der Waals surface area contributed by atoms with Crippen LogP contribution >= 0.6 is 0 Å². The summed E-state index contributed by atoms with van der Waals surface area (Å²) in [5, 5.41) is 0. The maximum Gasteiger partial charge on any atom is 0.416 e. The zero-order chi connectivity index (χ0) is 12.6. The highest BCUT2D eigenvalue weighted by atomic mass is 19.4. The summed E-state index contributed by atoms with van der Waals surface area (Å²) in [6, 6.07) is 4.05. The molecule has 0 atom stereocenters. The smallest absolute Gasteiger partial charge is 0.166 e. The van der Waals surface area contributed by atoms with Gasteiger partial charge in [0.15, 0.2) is 0 Å². The summed E-state index contributed by atoms with van der Waals surface area (Å²) in [4.78, 5) is 0. The van der Waals surface area contributed by atoms with E-state index in [1.54, 1.807) is 6.07 Å². The van der Waals surface area contributed by atoms with E-state index in [1.165, 1.54) is 12.1 Å². The Balaban J connectivity index is 3.39. The van der Waals surface area contributed by atoms with E-state index < -0.39 is 11.7 Å². The van der Waals surface area contributed by atoms with E-state index in [-0.39, 0.29) is 5.41 Å². The van der Waals surface area contributed by atoms with Gasteiger partial charge in [0, 0.05) is 0 Å². The second-order valence-electron chi connectivity index (χ2n) is 4.80. The lowest BCUT2D eigenvalue weighted by Crippen LogP contribution is -2.14. The third kappa shape index (κ3) is 2.87. The first-order chi connectivity index (χ1) is 7.14. The number of benzene rings is 1. The molecule has 1 aromatic carbocycles. The lowest BCUT2D eigenvalue weighted by atomic mass is 9.85. The molecule has 3 heteroatoms. The fourth-order valence-electron chi connectivity index (χ4n) is 1.37. The molecule has 1 aromatic rings. The molecule has 0 nitrogen and oxygen atoms in total. The van der Waals surface area contributed by atoms with E-state index in [1.807, 2.05) is 20.8 Å². The van der Waals surface area contributed by atoms with Gasteiger partial charge in [-0.25, -0.2) is 0 Å². The van der Waals surface area contributed by atoms with Crippen molar-refractivity contribution in [2.45, 2.75) is 32.4 Å². The van der Waals surface area contributed by atoms with E-state index >= 15 is 0 Å². The Hall–Kier alpha value is -1.25. The van der Waals surface area contributed by atoms with Crippen LogP contribution in [0.15, 0.2) is 24.8 Å². The first-order valence-corrected chi connectivity index (χ1v) is 5.00. The van der Waals surface area contributed by atoms with Gasteiger partial charge in [-0.15, -0.1) is 0 Å². The zero-order valence-corrected chi connectivity index (χ0v) is 9.65. The molecule has 0 unspecified atom stereocenters. The van der Waals surface area contributed by atoms with Gasteiger partial charge in [0.25, 0.3) is 0 Å². The van der Waals surface area contributed by atoms with Crippen LogP contribution in [0.1, 0.15) is 37.5 Å². The third-order valence-electron chi connectivity index (χ3n) is 2.38. The van der Waals surface area contributed by atoms with Gasteiger partial charge >= 0.3 is 6.18 Å². The predicted octanol–water partition coefficient (Wildman–Crippen LogP) is 4.65. The summed E-state index contributed by atoms with van der Waals surface area (Å²) < 4.78 is 37.9. The van der Waals surface area contributed by atoms with Crippen LogP contribution in [0.4, 0.5) is 13.2 Å². The van der Waals surface area contributed by atoms with Crippen LogP contribution in [0.3, 0.4) is 0 Å². The maximum absolute atomic E-state index is 12.6. The molecule has 0 saturated heterocycles. The lowest BCUT2D eigenvalue weighted by molar-refractivity contribution is -0.137. The Morgan fingerprint density at radius 1 is 1.00 bits per heavy atom. The maximum atomic E-state index is 12.6. The molecule has 1 rings (SSSR count). The van der Waals surface area contributed by atoms with Crippen molar-refractivity contribution < 1.29 is 13.2 Å². The van der Waals surface area contributed by atoms with Crippen molar-refractivity contribution in [2.75, 3.05) is 0 Å². The molecule has 16 heavy (non-hydrogen) atoms. The SMILES string of the molecule is C=Cc1cc(C(C)(C)C)cc(C(F)(F)F)c1. The lowest BCUT2D eigenvalue weighted by Gasteiger charge is -2.21. The molecule has 0 amide bonds. The molecular weight excluding hydrogens is 213 g/mol. The standard InChI is InChI=1S/C13H15F3/c1-5-9-6-10(12(2,3)4)8-11(7-9)13(14,15)16/h5-8H,1H2,2-4H3. The summed E-state index contributed by atoms with van der Waals surface area (Å²) in [6.45, 7) is 9.16. The number of hydrogen-bond acceptors (Lipinski definition) is 0. The van der Waals surface area contributed by atoms with Crippen molar-refractivity contribution in [1.82, 2.24) is 0 Å². The van der Waals surface area contributed by atoms with Gasteiger partial charge in [-0.3, -0.25) is 0 Å². The summed E-state index contributed by atoms with van der Waals surface area (Å²) in [7, 11) is 0. The van der Waals surface area contributed by atoms with Crippen molar-refractivity contribution in [3.8, 4) is 0 Å². The summed E-state index contributed by atoms with van der Waals surface area (Å²) in [5.74, 6) is 0. The van der Waals surface area contributed by atoms with Crippen molar-refractivity contribution in [1.29, 1.82) is 0 Å². The average molecular weight is 228 g/mol. The molecule has 0 aromatic heterocycles. The van der Waals surface area contributed by atoms with Crippen LogP contribution in [0, 0.1) is 0 Å². The van der Waals surface area contributed by atoms with Crippen molar-refractivity contribution in [3.63, 3.8) is 0 Å². The molecule has 0 aliphatic heterocycles. The number of alkyl halides is 3. The molecule has 0 spiro atoms. The van der Waals surface area contributed by atoms with E-state index in [4.69, 9.17) is 0 Å². The van der Waals surface area contributed by atoms with Crippen molar-refractivity contribution >= 4 is 6.08 Å². The monoisotopic (exact) mass is 228 g/mol. The van der Waals surface area contributed by atoms with E-state index in [9.17, 15) is 13.2 Å². The Bertz CT molecular complexity index is 362. The number of halogens is 3. The van der Waals surface area contributed by atoms with Crippen LogP contribution in [-0.2, 0) is 11.6 Å². The van der Waals surface area contributed by atoms with Crippen LogP contribution in [0.2, 0.25) is 0 Å². The first-order valence-electron chi connectivity index (χ1n) is 5.00. The van der Waals surface area contributed by atoms with E-state index in [0.717, 1.165) is 6.07 Å². The molecule has 0 saturated carbocycles. The van der Waals surface area contributed by atoms with Gasteiger partial charge in [-0.2, -0.15) is 13.2 Å². The highest BCUT2D eigenvalue weighted by Gasteiger charge is 2.32. The second-order valence-corrected chi connectivity index (χ2v) is 4.80. The molecule has 0 aliphatic carbocycles. The fourth-order valence-corrected chi connectivity index (χ4v) is 1.37. The van der Waals surface area contributed by atoms with Gasteiger partial charge in [0.1, 0.15) is 0 Å². The van der Waals surface area contributed by atoms with Crippen molar-refractivity contribution in [3.05, 3.63) is 41.5 Å². The Kier molecular flexibility index (Phi) is 3.17. The summed E-state index contributed by atoms with van der Waals surface area (Å²) in [6.07, 6.45) is -2.87. The fraction of sp³-hybridized carbons (Fsp3) is 0.385. The normalized spacial score (nSPS) is 12.6. The van der Waals surface area contributed by atoms with Crippen LogP contribution in [-0.4, -0.2) is 0 Å². The molecule has 0 fully saturated rings. The summed E-state index contributed by atoms with van der Waals surface area (Å²) >= 11 is 0.